The van der Waals surface area contributed by atoms with Crippen LogP contribution in [0.3, 0.4) is 0 Å². The molecule has 7 heterocycles. The number of nitrogens with zero attached hydrogens (tertiary/aromatic N) is 7. The Labute approximate surface area is 308 Å². The number of piperazine rings is 1. The van der Waals surface area contributed by atoms with Gasteiger partial charge in [-0.3, -0.25) is 14.7 Å². The number of hydrogen-bond acceptors (Lipinski definition) is 10. The Kier molecular flexibility index (Phi) is 12.5. The van der Waals surface area contributed by atoms with Crippen molar-refractivity contribution in [3.05, 3.63) is 53.0 Å². The fourth-order valence-corrected chi connectivity index (χ4v) is 7.62. The first-order chi connectivity index (χ1) is 25.2. The van der Waals surface area contributed by atoms with Crippen LogP contribution in [-0.4, -0.2) is 115 Å². The summed E-state index contributed by atoms with van der Waals surface area (Å²) in [6, 6.07) is 7.81. The van der Waals surface area contributed by atoms with Crippen molar-refractivity contribution in [3.8, 4) is 23.3 Å². The normalized spacial score (nSPS) is 24.0. The Bertz CT molecular complexity index is 1780. The number of methoxy groups -OCH3 is 1. The van der Waals surface area contributed by atoms with Crippen molar-refractivity contribution in [2.24, 2.45) is 0 Å². The number of benzene rings is 1. The van der Waals surface area contributed by atoms with Gasteiger partial charge >= 0.3 is 6.01 Å². The number of carbonyl (C=O) groups excluding carboxylic acids is 1. The van der Waals surface area contributed by atoms with Gasteiger partial charge in [-0.05, 0) is 43.2 Å². The SMILES string of the molecule is CC#N.CCC1CC(F)CN1.COc1nc(N2CCN(C(=O)/C=C/CN3CC4CC(C3)O4)CC2)c2cnc(-c3cccc(Cl)c3C3CC3)c(F)c2n1. The van der Waals surface area contributed by atoms with E-state index in [1.54, 1.807) is 18.3 Å². The van der Waals surface area contributed by atoms with Gasteiger partial charge in [-0.25, -0.2) is 8.78 Å². The van der Waals surface area contributed by atoms with Gasteiger partial charge in [0.25, 0.3) is 0 Å². The van der Waals surface area contributed by atoms with E-state index in [0.717, 1.165) is 57.3 Å². The lowest BCUT2D eigenvalue weighted by Crippen LogP contribution is -2.57. The van der Waals surface area contributed by atoms with E-state index in [1.807, 2.05) is 34.1 Å². The van der Waals surface area contributed by atoms with Gasteiger partial charge in [0.1, 0.15) is 23.2 Å². The molecule has 0 radical (unpaired) electrons. The third kappa shape index (κ3) is 8.80. The van der Waals surface area contributed by atoms with E-state index in [0.29, 0.717) is 78.7 Å². The first-order valence-electron chi connectivity index (χ1n) is 18.2. The summed E-state index contributed by atoms with van der Waals surface area (Å²) in [5, 5.41) is 11.5. The van der Waals surface area contributed by atoms with Gasteiger partial charge in [0, 0.05) is 94.6 Å². The molecule has 278 valence electrons. The van der Waals surface area contributed by atoms with Crippen molar-refractivity contribution in [1.82, 2.24) is 30.1 Å². The summed E-state index contributed by atoms with van der Waals surface area (Å²) in [5.74, 6) is 0.348. The third-order valence-electron chi connectivity index (χ3n) is 10.1. The number of rotatable bonds is 8. The Morgan fingerprint density at radius 1 is 1.17 bits per heavy atom. The number of aromatic nitrogens is 3. The van der Waals surface area contributed by atoms with Crippen LogP contribution in [0.25, 0.3) is 22.2 Å². The average Bonchev–Trinajstić information content (AvgIpc) is 3.90. The minimum Gasteiger partial charge on any atom is -0.467 e. The molecule has 1 N–H and O–H groups in total. The van der Waals surface area contributed by atoms with Crippen LogP contribution < -0.4 is 15.0 Å². The van der Waals surface area contributed by atoms with Gasteiger partial charge in [-0.15, -0.1) is 0 Å². The Hall–Kier alpha value is -3.96. The monoisotopic (exact) mass is 736 g/mol. The molecule has 2 aromatic heterocycles. The van der Waals surface area contributed by atoms with Crippen LogP contribution in [0.2, 0.25) is 5.02 Å². The average molecular weight is 737 g/mol. The highest BCUT2D eigenvalue weighted by atomic mass is 35.5. The molecule has 1 amide bonds. The maximum atomic E-state index is 16.1. The molecule has 5 aliphatic heterocycles. The fraction of sp³-hybridized carbons (Fsp3) is 0.553. The van der Waals surface area contributed by atoms with Crippen LogP contribution in [0.1, 0.15) is 57.4 Å². The number of alkyl halides is 1. The number of halogens is 3. The van der Waals surface area contributed by atoms with Crippen LogP contribution in [0.5, 0.6) is 6.01 Å². The van der Waals surface area contributed by atoms with Gasteiger partial charge in [-0.1, -0.05) is 36.7 Å². The first-order valence-corrected chi connectivity index (χ1v) is 18.6. The number of hydrogen-bond donors (Lipinski definition) is 1. The second-order valence-corrected chi connectivity index (χ2v) is 14.2. The van der Waals surface area contributed by atoms with Gasteiger partial charge in [-0.2, -0.15) is 15.2 Å². The van der Waals surface area contributed by atoms with Crippen LogP contribution >= 0.6 is 11.6 Å². The van der Waals surface area contributed by atoms with Gasteiger partial charge < -0.3 is 24.6 Å². The molecule has 52 heavy (non-hydrogen) atoms. The molecule has 5 saturated heterocycles. The van der Waals surface area contributed by atoms with E-state index in [2.05, 4.69) is 32.1 Å². The molecule has 1 aliphatic carbocycles. The van der Waals surface area contributed by atoms with Crippen LogP contribution in [0.4, 0.5) is 14.6 Å². The molecule has 11 nitrogen and oxygen atoms in total. The largest absolute Gasteiger partial charge is 0.467 e. The van der Waals surface area contributed by atoms with Crippen molar-refractivity contribution in [3.63, 3.8) is 0 Å². The topological polar surface area (TPSA) is 120 Å². The molecule has 4 unspecified atom stereocenters. The molecule has 0 spiro atoms. The number of piperidine rings is 1. The van der Waals surface area contributed by atoms with Gasteiger partial charge in [0.05, 0.1) is 30.8 Å². The predicted molar refractivity (Wildman–Crippen MR) is 197 cm³/mol. The number of morpholine rings is 1. The fourth-order valence-electron chi connectivity index (χ4n) is 7.29. The number of amides is 1. The number of ether oxygens (including phenoxy) is 2. The van der Waals surface area contributed by atoms with Gasteiger partial charge in [0.15, 0.2) is 5.82 Å². The summed E-state index contributed by atoms with van der Waals surface area (Å²) in [6.45, 7) is 8.85. The number of nitriles is 1. The van der Waals surface area contributed by atoms with Crippen molar-refractivity contribution < 1.29 is 23.0 Å². The number of anilines is 1. The van der Waals surface area contributed by atoms with Crippen LogP contribution in [0.15, 0.2) is 36.5 Å². The number of nitrogens with one attached hydrogen (secondary N) is 1. The molecule has 4 atom stereocenters. The number of fused-ring (bicyclic) bond motifs is 3. The minimum atomic E-state index is -0.583. The van der Waals surface area contributed by atoms with Crippen LogP contribution in [-0.2, 0) is 9.53 Å². The van der Waals surface area contributed by atoms with E-state index in [4.69, 9.17) is 26.3 Å². The molecule has 9 rings (SSSR count). The maximum Gasteiger partial charge on any atom is 0.318 e. The lowest BCUT2D eigenvalue weighted by atomic mass is 9.99. The predicted octanol–water partition coefficient (Wildman–Crippen LogP) is 5.67. The van der Waals surface area contributed by atoms with E-state index in [1.165, 1.54) is 14.0 Å². The number of pyridine rings is 1. The molecule has 3 aromatic rings. The van der Waals surface area contributed by atoms with E-state index in [-0.39, 0.29) is 23.1 Å². The third-order valence-corrected chi connectivity index (χ3v) is 10.5. The molecule has 2 bridgehead atoms. The molecule has 14 heteroatoms. The smallest absolute Gasteiger partial charge is 0.318 e. The van der Waals surface area contributed by atoms with E-state index < -0.39 is 12.0 Å². The summed E-state index contributed by atoms with van der Waals surface area (Å²) in [6.07, 6.45) is 10.4. The Morgan fingerprint density at radius 3 is 2.48 bits per heavy atom. The highest BCUT2D eigenvalue weighted by Crippen LogP contribution is 2.48. The zero-order chi connectivity index (χ0) is 36.8. The van der Waals surface area contributed by atoms with E-state index in [9.17, 15) is 9.18 Å². The minimum absolute atomic E-state index is 0.00135. The summed E-state index contributed by atoms with van der Waals surface area (Å²) >= 11 is 6.52. The highest BCUT2D eigenvalue weighted by Gasteiger charge is 2.37. The second kappa shape index (κ2) is 17.2. The zero-order valence-corrected chi connectivity index (χ0v) is 30.8. The quantitative estimate of drug-likeness (QED) is 0.290. The van der Waals surface area contributed by atoms with Gasteiger partial charge in [0.2, 0.25) is 5.91 Å². The molecular formula is C38H47ClF2N8O3. The lowest BCUT2D eigenvalue weighted by molar-refractivity contribution is -0.178. The molecule has 1 saturated carbocycles. The molecule has 6 fully saturated rings. The summed E-state index contributed by atoms with van der Waals surface area (Å²) in [5.41, 5.74) is 2.02. The Morgan fingerprint density at radius 2 is 1.88 bits per heavy atom. The maximum absolute atomic E-state index is 16.1. The number of carbonyl (C=O) groups is 1. The van der Waals surface area contributed by atoms with Crippen molar-refractivity contribution >= 4 is 34.2 Å². The van der Waals surface area contributed by atoms with Crippen molar-refractivity contribution in [2.45, 2.75) is 76.3 Å². The Balaban J connectivity index is 0.000000366. The van der Waals surface area contributed by atoms with Crippen molar-refractivity contribution in [1.29, 1.82) is 5.26 Å². The molecule has 1 aromatic carbocycles. The van der Waals surface area contributed by atoms with Crippen molar-refractivity contribution in [2.75, 3.05) is 64.4 Å². The first kappa shape index (κ1) is 37.8. The molecule has 6 aliphatic rings. The summed E-state index contributed by atoms with van der Waals surface area (Å²) in [4.78, 5) is 32.6. The standard InChI is InChI=1S/C30H32ClFN6O3.C6H12FN.C2H3N/c1-40-30-34-28-22(15-33-27(26(28)32)21-4-2-5-23(31)25(21)18-7-8-18)29(35-30)38-12-10-37(11-13-38)24(39)6-3-9-36-16-19-14-20(17-36)41-19;1-2-6-3-5(7)4-8-6;1-2-3/h2-6,15,18-20H,7-14,16-17H2,1H3;5-6,8H,2-4H2,1H3;1H3/b6-3+;;. The van der Waals surface area contributed by atoms with E-state index >= 15 is 4.39 Å². The summed E-state index contributed by atoms with van der Waals surface area (Å²) < 4.78 is 39.5. The van der Waals surface area contributed by atoms with Crippen LogP contribution in [0, 0.1) is 17.1 Å². The molecular weight excluding hydrogens is 690 g/mol. The lowest BCUT2D eigenvalue weighted by Gasteiger charge is -2.46. The zero-order valence-electron chi connectivity index (χ0n) is 30.0. The second-order valence-electron chi connectivity index (χ2n) is 13.8. The summed E-state index contributed by atoms with van der Waals surface area (Å²) in [7, 11) is 1.47. The highest BCUT2D eigenvalue weighted by molar-refractivity contribution is 6.32.